The molecule has 0 aliphatic carbocycles. The van der Waals surface area contributed by atoms with Crippen LogP contribution in [-0.2, 0) is 74.8 Å². The average Bonchev–Trinajstić information content (AvgIpc) is 3.56. The fourth-order valence-electron chi connectivity index (χ4n) is 7.13. The number of hydrogen-bond donors (Lipinski definition) is 9. The molecule has 1 atom stereocenters. The number of amides is 1. The number of halogens is 2. The van der Waals surface area contributed by atoms with E-state index in [1.165, 1.54) is 25.1 Å². The summed E-state index contributed by atoms with van der Waals surface area (Å²) in [6.45, 7) is 8.95. The lowest BCUT2D eigenvalue weighted by atomic mass is 10.0. The Kier molecular flexibility index (Phi) is 22.1. The van der Waals surface area contributed by atoms with E-state index in [1.807, 2.05) is 0 Å². The Bertz CT molecular complexity index is 4370. The van der Waals surface area contributed by atoms with E-state index in [2.05, 4.69) is 72.9 Å². The third-order valence-electron chi connectivity index (χ3n) is 10.3. The number of aromatic hydroxyl groups is 2. The Balaban J connectivity index is 0.00000366. The van der Waals surface area contributed by atoms with Crippen molar-refractivity contribution in [1.82, 2.24) is 15.0 Å². The molecule has 0 radical (unpaired) electrons. The van der Waals surface area contributed by atoms with Crippen LogP contribution >= 0.6 is 23.2 Å². The Morgan fingerprint density at radius 2 is 1.22 bits per heavy atom. The molecule has 0 bridgehead atoms. The molecule has 1 aromatic heterocycles. The maximum Gasteiger partial charge on any atom is 0.398 e. The number of phenols is 2. The van der Waals surface area contributed by atoms with Crippen LogP contribution in [0.25, 0.3) is 21.5 Å². The van der Waals surface area contributed by atoms with Gasteiger partial charge >= 0.3 is 10.4 Å². The molecule has 38 heteroatoms. The van der Waals surface area contributed by atoms with Crippen molar-refractivity contribution >= 4 is 164 Å². The van der Waals surface area contributed by atoms with Crippen LogP contribution in [0, 0.1) is 13.8 Å². The van der Waals surface area contributed by atoms with E-state index in [0.29, 0.717) is 5.56 Å². The lowest BCUT2D eigenvalue weighted by Crippen LogP contribution is -2.20. The zero-order chi connectivity index (χ0) is 60.2. The highest BCUT2D eigenvalue weighted by atomic mass is 35.5. The Labute approximate surface area is 486 Å². The molecule has 6 aromatic carbocycles. The minimum absolute atomic E-state index is 0. The van der Waals surface area contributed by atoms with Gasteiger partial charge in [-0.15, -0.1) is 28.5 Å². The van der Waals surface area contributed by atoms with E-state index in [1.54, 1.807) is 6.92 Å². The average molecular weight is 1310 g/mol. The van der Waals surface area contributed by atoms with Gasteiger partial charge in [-0.25, -0.2) is 16.8 Å². The number of carbonyl (C=O) groups excluding carboxylic acids is 1. The molecule has 0 aliphatic rings. The van der Waals surface area contributed by atoms with Crippen LogP contribution in [-0.4, -0.2) is 113 Å². The van der Waals surface area contributed by atoms with Crippen LogP contribution in [0.5, 0.6) is 11.5 Å². The smallest absolute Gasteiger partial charge is 0.398 e. The second kappa shape index (κ2) is 27.0. The number of alkyl halides is 1. The standard InChI is InChI=1S/C41H34Cl2N10O20S6.C2H4.2CH4/c1-19-9-21-13-31(78(66,67)68)36(53-50-23-3-6-25(7-4-23)75(58,59)18-73-79(69,70)71)38(56)33(21)28(10-19)45-40-47-39(43)48-41(49-40)46-29-15-26(76(60,61)62)12-22-11-20(2)35(37(55)34(22)29)52-51-27-8-5-24(14-30(27)77(63,64)65)44-32(54)16-74(57)72-17-42;1-2;;/h3-15,55-56H,16-18H2,1-2H3,(H,44,54)(H,60,61,62)(H,63,64,65)(H,66,67,68)(H,69,70,71)(H2,45,46,47,48,49);1-2H2;2*1H4. The Hall–Kier alpha value is -7.30. The summed E-state index contributed by atoms with van der Waals surface area (Å²) in [5.74, 6) is -5.60. The molecule has 1 unspecified atom stereocenters. The van der Waals surface area contributed by atoms with Gasteiger partial charge in [0.1, 0.15) is 38.7 Å². The molecule has 0 aliphatic heterocycles. The summed E-state index contributed by atoms with van der Waals surface area (Å²) < 4.78 is 182. The number of phenolic OH excluding ortho intramolecular Hbond substituents is 2. The number of benzene rings is 6. The summed E-state index contributed by atoms with van der Waals surface area (Å²) in [6.07, 6.45) is 0. The fourth-order valence-corrected chi connectivity index (χ4v) is 11.6. The highest BCUT2D eigenvalue weighted by molar-refractivity contribution is 7.92. The monoisotopic (exact) mass is 1310 g/mol. The number of nitrogens with one attached hydrogen (secondary N) is 3. The summed E-state index contributed by atoms with van der Waals surface area (Å²) in [6, 6.07) is 13.4. The number of sulfone groups is 1. The van der Waals surface area contributed by atoms with Gasteiger partial charge in [-0.2, -0.15) is 53.7 Å². The summed E-state index contributed by atoms with van der Waals surface area (Å²) in [7, 11) is -24.8. The van der Waals surface area contributed by atoms with Crippen molar-refractivity contribution in [2.45, 2.75) is 48.3 Å². The minimum atomic E-state index is -5.18. The number of aromatic nitrogens is 3. The first-order chi connectivity index (χ1) is 37.7. The molecule has 7 rings (SSSR count). The molecule has 30 nitrogen and oxygen atoms in total. The molecule has 9 N–H and O–H groups in total. The predicted molar refractivity (Wildman–Crippen MR) is 306 cm³/mol. The number of carbonyl (C=O) groups is 1. The third-order valence-corrected chi connectivity index (χ3v) is 16.2. The van der Waals surface area contributed by atoms with Gasteiger partial charge in [-0.1, -0.05) is 32.5 Å². The first kappa shape index (κ1) is 68.2. The van der Waals surface area contributed by atoms with Gasteiger partial charge in [0.2, 0.25) is 32.9 Å². The van der Waals surface area contributed by atoms with E-state index in [0.717, 1.165) is 60.7 Å². The van der Waals surface area contributed by atoms with Crippen LogP contribution in [0.1, 0.15) is 26.0 Å². The molecule has 0 saturated heterocycles. The number of nitrogens with zero attached hydrogens (tertiary/aromatic N) is 7. The largest absolute Gasteiger partial charge is 0.505 e. The van der Waals surface area contributed by atoms with Crippen molar-refractivity contribution in [3.8, 4) is 11.5 Å². The molecule has 83 heavy (non-hydrogen) atoms. The molecule has 446 valence electrons. The molecule has 1 amide bonds. The first-order valence-electron chi connectivity index (χ1n) is 21.5. The van der Waals surface area contributed by atoms with E-state index in [-0.39, 0.29) is 70.4 Å². The summed E-state index contributed by atoms with van der Waals surface area (Å²) in [5, 5.41) is 45.7. The molecule has 0 saturated carbocycles. The van der Waals surface area contributed by atoms with E-state index >= 15 is 0 Å². The van der Waals surface area contributed by atoms with Gasteiger partial charge in [0.25, 0.3) is 30.4 Å². The minimum Gasteiger partial charge on any atom is -0.505 e. The number of fused-ring (bicyclic) bond motifs is 2. The second-order valence-electron chi connectivity index (χ2n) is 15.9. The molecule has 1 heterocycles. The summed E-state index contributed by atoms with van der Waals surface area (Å²) in [5.41, 5.74) is -2.00. The molecule has 0 fully saturated rings. The van der Waals surface area contributed by atoms with Crippen LogP contribution in [0.2, 0.25) is 5.28 Å². The van der Waals surface area contributed by atoms with Crippen LogP contribution in [0.15, 0.2) is 132 Å². The molecule has 7 aromatic rings. The van der Waals surface area contributed by atoms with E-state index in [9.17, 15) is 75.0 Å². The predicted octanol–water partition coefficient (Wildman–Crippen LogP) is 9.36. The number of rotatable bonds is 20. The zero-order valence-electron chi connectivity index (χ0n) is 40.8. The zero-order valence-corrected chi connectivity index (χ0v) is 47.2. The van der Waals surface area contributed by atoms with E-state index < -0.39 is 145 Å². The van der Waals surface area contributed by atoms with Crippen molar-refractivity contribution in [1.29, 1.82) is 0 Å². The number of anilines is 5. The van der Waals surface area contributed by atoms with Gasteiger partial charge in [0.15, 0.2) is 28.5 Å². The maximum atomic E-state index is 12.7. The van der Waals surface area contributed by atoms with Crippen molar-refractivity contribution in [3.05, 3.63) is 108 Å². The first-order valence-corrected chi connectivity index (χ1v) is 31.0. The van der Waals surface area contributed by atoms with E-state index in [4.69, 9.17) is 27.8 Å². The maximum absolute atomic E-state index is 12.7. The number of azo groups is 2. The second-order valence-corrected chi connectivity index (χ2v) is 24.9. The van der Waals surface area contributed by atoms with Gasteiger partial charge in [0, 0.05) is 16.5 Å². The van der Waals surface area contributed by atoms with Crippen LogP contribution in [0.3, 0.4) is 0 Å². The lowest BCUT2D eigenvalue weighted by molar-refractivity contribution is -0.113. The van der Waals surface area contributed by atoms with Gasteiger partial charge in [-0.3, -0.25) is 27.2 Å². The number of aryl methyl sites for hydroxylation is 2. The van der Waals surface area contributed by atoms with Crippen molar-refractivity contribution in [2.24, 2.45) is 20.5 Å². The highest BCUT2D eigenvalue weighted by Gasteiger charge is 2.26. The summed E-state index contributed by atoms with van der Waals surface area (Å²) in [4.78, 5) is 21.6. The highest BCUT2D eigenvalue weighted by Crippen LogP contribution is 2.47. The van der Waals surface area contributed by atoms with Gasteiger partial charge in [0.05, 0.1) is 26.9 Å². The van der Waals surface area contributed by atoms with Crippen molar-refractivity contribution in [3.63, 3.8) is 0 Å². The van der Waals surface area contributed by atoms with Gasteiger partial charge < -0.3 is 26.2 Å². The Morgan fingerprint density at radius 1 is 0.663 bits per heavy atom. The molecular formula is C45H46Cl2N10O20S6. The SMILES string of the molecule is C.C.C=C.Cc1cc(Nc2nc(Cl)nc(Nc3cc(S(=O)(=O)O)cc4cc(C)c(N=Nc5ccc(NC(=O)CS(=O)OCCl)cc5S(=O)(=O)O)c(O)c34)n2)c2c(O)c(N=Nc3ccc(S(=O)(=O)COS(=O)(=O)O)cc3)c(S(=O)(=O)O)cc2c1. The molecular weight excluding hydrogens is 1260 g/mol. The third kappa shape index (κ3) is 17.2. The Morgan fingerprint density at radius 3 is 1.77 bits per heavy atom. The lowest BCUT2D eigenvalue weighted by Gasteiger charge is -2.16. The summed E-state index contributed by atoms with van der Waals surface area (Å²) >= 11 is 9.55. The molecule has 0 spiro atoms. The number of hydrogen-bond acceptors (Lipinski definition) is 25. The quantitative estimate of drug-likeness (QED) is 0.0148. The van der Waals surface area contributed by atoms with Crippen LogP contribution in [0.4, 0.5) is 51.7 Å². The van der Waals surface area contributed by atoms with Gasteiger partial charge in [-0.05, 0) is 120 Å². The van der Waals surface area contributed by atoms with Crippen molar-refractivity contribution in [2.75, 3.05) is 33.7 Å². The fraction of sp³-hybridized carbons (Fsp3) is 0.156. The van der Waals surface area contributed by atoms with Crippen molar-refractivity contribution < 1.29 is 87.9 Å². The van der Waals surface area contributed by atoms with Crippen LogP contribution < -0.4 is 16.0 Å². The topological polar surface area (TPSA) is 469 Å². The normalized spacial score (nSPS) is 12.5.